The molecule has 4 atom stereocenters. The number of amides is 2. The minimum absolute atomic E-state index is 0.112. The van der Waals surface area contributed by atoms with E-state index in [0.717, 1.165) is 25.7 Å². The molecule has 1 N–H and O–H groups in total. The molecule has 30 heavy (non-hydrogen) atoms. The molecule has 0 radical (unpaired) electrons. The molecule has 2 aromatic rings. The Morgan fingerprint density at radius 3 is 2.63 bits per heavy atom. The number of hydrogen-bond donors (Lipinski definition) is 1. The van der Waals surface area contributed by atoms with Crippen molar-refractivity contribution in [2.75, 3.05) is 13.1 Å². The second-order valence-corrected chi connectivity index (χ2v) is 8.79. The first kappa shape index (κ1) is 19.0. The number of carbonyl (C=O) groups is 2. The van der Waals surface area contributed by atoms with Crippen molar-refractivity contribution in [3.8, 4) is 0 Å². The van der Waals surface area contributed by atoms with Crippen molar-refractivity contribution < 1.29 is 9.59 Å². The Morgan fingerprint density at radius 1 is 1.07 bits per heavy atom. The van der Waals surface area contributed by atoms with E-state index in [2.05, 4.69) is 27.2 Å². The molecule has 4 heterocycles. The lowest BCUT2D eigenvalue weighted by molar-refractivity contribution is -0.151. The minimum atomic E-state index is -0.318. The summed E-state index contributed by atoms with van der Waals surface area (Å²) >= 11 is 0. The van der Waals surface area contributed by atoms with Crippen molar-refractivity contribution in [1.29, 1.82) is 0 Å². The Hall–Kier alpha value is -2.96. The topological polar surface area (TPSA) is 86.4 Å². The highest BCUT2D eigenvalue weighted by molar-refractivity contribution is 5.92. The highest BCUT2D eigenvalue weighted by atomic mass is 16.2. The third kappa shape index (κ3) is 3.42. The molecule has 0 unspecified atom stereocenters. The molecular weight excluding hydrogens is 380 g/mol. The largest absolute Gasteiger partial charge is 0.337 e. The van der Waals surface area contributed by atoms with E-state index in [1.165, 1.54) is 17.7 Å². The summed E-state index contributed by atoms with van der Waals surface area (Å²) in [5.41, 5.74) is 1.18. The molecule has 2 amide bonds. The molecule has 3 aliphatic heterocycles. The fraction of sp³-hybridized carbons (Fsp3) is 0.478. The van der Waals surface area contributed by atoms with Crippen LogP contribution in [0.1, 0.15) is 41.7 Å². The van der Waals surface area contributed by atoms with Crippen molar-refractivity contribution in [2.45, 2.75) is 44.2 Å². The van der Waals surface area contributed by atoms with Gasteiger partial charge in [0, 0.05) is 37.7 Å². The SMILES string of the molecule is O=C(c1ccc(=O)[nH]n1)N1C[C@H]2C[C@@H](C1)[C@H](Cc1ccccc1)N1C(=O)CCC[C@@H]21. The van der Waals surface area contributed by atoms with Crippen LogP contribution in [0.2, 0.25) is 0 Å². The Bertz CT molecular complexity index is 985. The number of aromatic nitrogens is 2. The lowest BCUT2D eigenvalue weighted by Gasteiger charge is -2.56. The van der Waals surface area contributed by atoms with E-state index < -0.39 is 0 Å². The zero-order valence-corrected chi connectivity index (χ0v) is 16.9. The van der Waals surface area contributed by atoms with Crippen LogP contribution in [0.25, 0.3) is 0 Å². The summed E-state index contributed by atoms with van der Waals surface area (Å²) in [7, 11) is 0. The van der Waals surface area contributed by atoms with Crippen molar-refractivity contribution in [1.82, 2.24) is 20.0 Å². The Kier molecular flexibility index (Phi) is 4.89. The summed E-state index contributed by atoms with van der Waals surface area (Å²) in [6, 6.07) is 13.5. The van der Waals surface area contributed by atoms with E-state index in [1.54, 1.807) is 0 Å². The number of hydrogen-bond acceptors (Lipinski definition) is 4. The summed E-state index contributed by atoms with van der Waals surface area (Å²) in [6.07, 6.45) is 4.43. The number of fused-ring (bicyclic) bond motifs is 4. The number of aromatic amines is 1. The molecule has 3 saturated heterocycles. The average molecular weight is 406 g/mol. The Balaban J connectivity index is 1.44. The number of benzene rings is 1. The van der Waals surface area contributed by atoms with Gasteiger partial charge in [-0.3, -0.25) is 14.4 Å². The third-order valence-electron chi connectivity index (χ3n) is 6.97. The van der Waals surface area contributed by atoms with Crippen LogP contribution >= 0.6 is 0 Å². The summed E-state index contributed by atoms with van der Waals surface area (Å²) < 4.78 is 0. The lowest BCUT2D eigenvalue weighted by atomic mass is 9.70. The number of rotatable bonds is 3. The van der Waals surface area contributed by atoms with Crippen molar-refractivity contribution in [2.24, 2.45) is 11.8 Å². The summed E-state index contributed by atoms with van der Waals surface area (Å²) in [5, 5.41) is 6.29. The van der Waals surface area contributed by atoms with Crippen LogP contribution in [0, 0.1) is 11.8 Å². The quantitative estimate of drug-likeness (QED) is 0.843. The van der Waals surface area contributed by atoms with Gasteiger partial charge in [0.1, 0.15) is 5.69 Å². The van der Waals surface area contributed by atoms with Crippen LogP contribution in [-0.4, -0.2) is 57.0 Å². The van der Waals surface area contributed by atoms with E-state index in [0.29, 0.717) is 25.4 Å². The Morgan fingerprint density at radius 2 is 1.87 bits per heavy atom. The molecule has 3 aliphatic rings. The minimum Gasteiger partial charge on any atom is -0.337 e. The molecule has 2 bridgehead atoms. The fourth-order valence-corrected chi connectivity index (χ4v) is 5.68. The molecule has 0 spiro atoms. The molecule has 5 rings (SSSR count). The van der Waals surface area contributed by atoms with Gasteiger partial charge in [-0.05, 0) is 49.1 Å². The monoisotopic (exact) mass is 406 g/mol. The second-order valence-electron chi connectivity index (χ2n) is 8.79. The first-order chi connectivity index (χ1) is 14.6. The molecule has 7 nitrogen and oxygen atoms in total. The third-order valence-corrected chi connectivity index (χ3v) is 6.97. The van der Waals surface area contributed by atoms with Gasteiger partial charge in [0.25, 0.3) is 11.5 Å². The van der Waals surface area contributed by atoms with Crippen molar-refractivity contribution in [3.63, 3.8) is 0 Å². The summed E-state index contributed by atoms with van der Waals surface area (Å²) in [5.74, 6) is 0.666. The van der Waals surface area contributed by atoms with E-state index in [9.17, 15) is 14.4 Å². The van der Waals surface area contributed by atoms with Crippen LogP contribution in [-0.2, 0) is 11.2 Å². The average Bonchev–Trinajstić information content (AvgIpc) is 2.77. The molecule has 3 fully saturated rings. The maximum absolute atomic E-state index is 13.1. The molecular formula is C23H26N4O3. The first-order valence-corrected chi connectivity index (χ1v) is 10.8. The number of carbonyl (C=O) groups excluding carboxylic acids is 2. The van der Waals surface area contributed by atoms with Gasteiger partial charge < -0.3 is 9.80 Å². The molecule has 1 aromatic heterocycles. The van der Waals surface area contributed by atoms with Gasteiger partial charge in [0.05, 0.1) is 0 Å². The van der Waals surface area contributed by atoms with Gasteiger partial charge in [0.15, 0.2) is 0 Å². The zero-order chi connectivity index (χ0) is 20.7. The van der Waals surface area contributed by atoms with Crippen molar-refractivity contribution >= 4 is 11.8 Å². The van der Waals surface area contributed by atoms with Crippen LogP contribution in [0.4, 0.5) is 0 Å². The number of nitrogens with one attached hydrogen (secondary N) is 1. The molecule has 7 heteroatoms. The summed E-state index contributed by atoms with van der Waals surface area (Å²) in [4.78, 5) is 41.4. The maximum atomic E-state index is 13.1. The smallest absolute Gasteiger partial charge is 0.274 e. The highest BCUT2D eigenvalue weighted by Crippen LogP contribution is 2.42. The van der Waals surface area contributed by atoms with E-state index in [-0.39, 0.29) is 41.1 Å². The van der Waals surface area contributed by atoms with Gasteiger partial charge in [0.2, 0.25) is 5.91 Å². The number of piperidine rings is 3. The van der Waals surface area contributed by atoms with Gasteiger partial charge in [-0.2, -0.15) is 5.10 Å². The van der Waals surface area contributed by atoms with Gasteiger partial charge in [-0.25, -0.2) is 5.10 Å². The second kappa shape index (κ2) is 7.70. The lowest BCUT2D eigenvalue weighted by Crippen LogP contribution is -2.66. The van der Waals surface area contributed by atoms with Crippen LogP contribution in [0.3, 0.4) is 0 Å². The predicted molar refractivity (Wildman–Crippen MR) is 111 cm³/mol. The Labute approximate surface area is 175 Å². The van der Waals surface area contributed by atoms with E-state index >= 15 is 0 Å². The first-order valence-electron chi connectivity index (χ1n) is 10.8. The number of nitrogens with zero attached hydrogens (tertiary/aromatic N) is 3. The molecule has 1 aromatic carbocycles. The highest BCUT2D eigenvalue weighted by Gasteiger charge is 2.50. The van der Waals surface area contributed by atoms with Gasteiger partial charge in [-0.15, -0.1) is 0 Å². The normalized spacial score (nSPS) is 28.2. The molecule has 156 valence electrons. The maximum Gasteiger partial charge on any atom is 0.274 e. The van der Waals surface area contributed by atoms with E-state index in [1.807, 2.05) is 23.1 Å². The van der Waals surface area contributed by atoms with Crippen LogP contribution in [0.5, 0.6) is 0 Å². The predicted octanol–water partition coefficient (Wildman–Crippen LogP) is 1.85. The van der Waals surface area contributed by atoms with Crippen LogP contribution in [0.15, 0.2) is 47.3 Å². The summed E-state index contributed by atoms with van der Waals surface area (Å²) in [6.45, 7) is 1.26. The number of H-pyrrole nitrogens is 1. The standard InChI is InChI=1S/C23H26N4O3/c28-21-10-9-18(24-25-21)23(30)26-13-16-12-17(14-26)20(11-15-5-2-1-3-6-15)27-19(16)7-4-8-22(27)29/h1-3,5-6,9-10,16-17,19-20H,4,7-8,11-14H2,(H,25,28)/t16-,17+,19+,20+/m1/s1. The number of likely N-dealkylation sites (tertiary alicyclic amines) is 1. The van der Waals surface area contributed by atoms with Crippen LogP contribution < -0.4 is 5.56 Å². The molecule has 0 saturated carbocycles. The van der Waals surface area contributed by atoms with E-state index in [4.69, 9.17) is 0 Å². The zero-order valence-electron chi connectivity index (χ0n) is 16.9. The fourth-order valence-electron chi connectivity index (χ4n) is 5.68. The van der Waals surface area contributed by atoms with Crippen molar-refractivity contribution in [3.05, 3.63) is 64.1 Å². The molecule has 0 aliphatic carbocycles. The van der Waals surface area contributed by atoms with Gasteiger partial charge >= 0.3 is 0 Å². The van der Waals surface area contributed by atoms with Gasteiger partial charge in [-0.1, -0.05) is 30.3 Å².